The van der Waals surface area contributed by atoms with E-state index in [-0.39, 0.29) is 0 Å². The van der Waals surface area contributed by atoms with Crippen LogP contribution in [0.4, 0.5) is 0 Å². The molecule has 0 amide bonds. The van der Waals surface area contributed by atoms with Gasteiger partial charge in [-0.2, -0.15) is 0 Å². The largest absolute Gasteiger partial charge is 0.496 e. The second kappa shape index (κ2) is 6.50. The zero-order valence-corrected chi connectivity index (χ0v) is 13.7. The third kappa shape index (κ3) is 3.58. The van der Waals surface area contributed by atoms with Crippen LogP contribution in [-0.2, 0) is 6.42 Å². The number of hydrogen-bond donors (Lipinski definition) is 1. The van der Waals surface area contributed by atoms with Crippen LogP contribution < -0.4 is 4.74 Å². The van der Waals surface area contributed by atoms with E-state index in [4.69, 9.17) is 16.3 Å². The van der Waals surface area contributed by atoms with Gasteiger partial charge in [-0.25, -0.2) is 0 Å². The Morgan fingerprint density at radius 2 is 1.71 bits per heavy atom. The van der Waals surface area contributed by atoms with E-state index in [1.807, 2.05) is 26.0 Å². The Balaban J connectivity index is 2.34. The maximum Gasteiger partial charge on any atom is 0.122 e. The van der Waals surface area contributed by atoms with Gasteiger partial charge in [0, 0.05) is 11.4 Å². The van der Waals surface area contributed by atoms with Crippen molar-refractivity contribution in [2.75, 3.05) is 7.11 Å². The van der Waals surface area contributed by atoms with Gasteiger partial charge in [0.2, 0.25) is 0 Å². The van der Waals surface area contributed by atoms with Crippen LogP contribution >= 0.6 is 11.6 Å². The quantitative estimate of drug-likeness (QED) is 0.898. The number of rotatable bonds is 4. The van der Waals surface area contributed by atoms with Gasteiger partial charge < -0.3 is 9.84 Å². The van der Waals surface area contributed by atoms with E-state index in [2.05, 4.69) is 19.1 Å². The molecule has 0 aliphatic carbocycles. The highest BCUT2D eigenvalue weighted by Crippen LogP contribution is 2.30. The first-order chi connectivity index (χ1) is 9.92. The molecule has 1 N–H and O–H groups in total. The molecule has 0 aliphatic heterocycles. The molecule has 0 saturated heterocycles. The SMILES string of the molecule is COc1ccc(Cl)cc1CC(O)c1c(C)cc(C)cc1C. The minimum atomic E-state index is -0.571. The Morgan fingerprint density at radius 3 is 2.29 bits per heavy atom. The summed E-state index contributed by atoms with van der Waals surface area (Å²) >= 11 is 6.05. The number of aryl methyl sites for hydroxylation is 3. The molecule has 2 rings (SSSR count). The second-order valence-corrected chi connectivity index (χ2v) is 5.92. The van der Waals surface area contributed by atoms with E-state index >= 15 is 0 Å². The molecule has 3 heteroatoms. The predicted molar refractivity (Wildman–Crippen MR) is 87.3 cm³/mol. The summed E-state index contributed by atoms with van der Waals surface area (Å²) in [6.45, 7) is 6.14. The summed E-state index contributed by atoms with van der Waals surface area (Å²) in [6, 6.07) is 9.67. The second-order valence-electron chi connectivity index (χ2n) is 5.49. The van der Waals surface area contributed by atoms with Crippen LogP contribution in [0.5, 0.6) is 5.75 Å². The van der Waals surface area contributed by atoms with Crippen molar-refractivity contribution in [3.05, 3.63) is 63.2 Å². The van der Waals surface area contributed by atoms with Gasteiger partial charge in [-0.15, -0.1) is 0 Å². The Kier molecular flexibility index (Phi) is 4.92. The van der Waals surface area contributed by atoms with E-state index < -0.39 is 6.10 Å². The van der Waals surface area contributed by atoms with Crippen molar-refractivity contribution < 1.29 is 9.84 Å². The highest BCUT2D eigenvalue weighted by molar-refractivity contribution is 6.30. The van der Waals surface area contributed by atoms with Gasteiger partial charge in [-0.3, -0.25) is 0 Å². The molecule has 2 nitrogen and oxygen atoms in total. The van der Waals surface area contributed by atoms with Gasteiger partial charge in [0.15, 0.2) is 0 Å². The molecule has 0 fully saturated rings. The number of methoxy groups -OCH3 is 1. The minimum absolute atomic E-state index is 0.481. The summed E-state index contributed by atoms with van der Waals surface area (Å²) in [5.74, 6) is 0.751. The normalized spacial score (nSPS) is 12.3. The van der Waals surface area contributed by atoms with Crippen molar-refractivity contribution in [3.63, 3.8) is 0 Å². The smallest absolute Gasteiger partial charge is 0.122 e. The van der Waals surface area contributed by atoms with Crippen molar-refractivity contribution >= 4 is 11.6 Å². The van der Waals surface area contributed by atoms with Gasteiger partial charge in [-0.05, 0) is 61.2 Å². The van der Waals surface area contributed by atoms with E-state index in [0.717, 1.165) is 28.0 Å². The van der Waals surface area contributed by atoms with Crippen LogP contribution in [0, 0.1) is 20.8 Å². The number of aliphatic hydroxyl groups excluding tert-OH is 1. The number of halogens is 1. The lowest BCUT2D eigenvalue weighted by Gasteiger charge is -2.19. The fraction of sp³-hybridized carbons (Fsp3) is 0.333. The molecule has 1 atom stereocenters. The monoisotopic (exact) mass is 304 g/mol. The van der Waals surface area contributed by atoms with Gasteiger partial charge in [0.05, 0.1) is 13.2 Å². The first kappa shape index (κ1) is 15.9. The average molecular weight is 305 g/mol. The summed E-state index contributed by atoms with van der Waals surface area (Å²) in [6.07, 6.45) is -0.0907. The van der Waals surface area contributed by atoms with Crippen molar-refractivity contribution in [2.24, 2.45) is 0 Å². The lowest BCUT2D eigenvalue weighted by molar-refractivity contribution is 0.176. The third-order valence-electron chi connectivity index (χ3n) is 3.73. The van der Waals surface area contributed by atoms with Gasteiger partial charge in [0.1, 0.15) is 5.75 Å². The van der Waals surface area contributed by atoms with E-state index in [1.165, 1.54) is 5.56 Å². The lowest BCUT2D eigenvalue weighted by atomic mass is 9.92. The van der Waals surface area contributed by atoms with Crippen molar-refractivity contribution in [1.82, 2.24) is 0 Å². The highest BCUT2D eigenvalue weighted by atomic mass is 35.5. The maximum atomic E-state index is 10.6. The van der Waals surface area contributed by atoms with Crippen LogP contribution in [0.2, 0.25) is 5.02 Å². The maximum absolute atomic E-state index is 10.6. The first-order valence-electron chi connectivity index (χ1n) is 7.00. The lowest BCUT2D eigenvalue weighted by Crippen LogP contribution is -2.07. The summed E-state index contributed by atoms with van der Waals surface area (Å²) < 4.78 is 5.35. The summed E-state index contributed by atoms with van der Waals surface area (Å²) in [4.78, 5) is 0. The minimum Gasteiger partial charge on any atom is -0.496 e. The van der Waals surface area contributed by atoms with Gasteiger partial charge in [-0.1, -0.05) is 29.3 Å². The van der Waals surface area contributed by atoms with Crippen molar-refractivity contribution in [2.45, 2.75) is 33.3 Å². The number of ether oxygens (including phenoxy) is 1. The van der Waals surface area contributed by atoms with Crippen molar-refractivity contribution in [1.29, 1.82) is 0 Å². The molecule has 0 radical (unpaired) electrons. The molecule has 112 valence electrons. The Bertz CT molecular complexity index is 627. The molecule has 0 saturated carbocycles. The van der Waals surface area contributed by atoms with Crippen LogP contribution in [0.15, 0.2) is 30.3 Å². The summed E-state index contributed by atoms with van der Waals surface area (Å²) in [5.41, 5.74) is 5.34. The molecule has 0 spiro atoms. The van der Waals surface area contributed by atoms with E-state index in [9.17, 15) is 5.11 Å². The zero-order chi connectivity index (χ0) is 15.6. The van der Waals surface area contributed by atoms with Gasteiger partial charge in [0.25, 0.3) is 0 Å². The topological polar surface area (TPSA) is 29.5 Å². The summed E-state index contributed by atoms with van der Waals surface area (Å²) in [5, 5.41) is 11.3. The van der Waals surface area contributed by atoms with E-state index in [0.29, 0.717) is 11.4 Å². The molecular formula is C18H21ClO2. The molecule has 0 aromatic heterocycles. The molecule has 2 aromatic rings. The average Bonchev–Trinajstić information content (AvgIpc) is 2.37. The predicted octanol–water partition coefficient (Wildman–Crippen LogP) is 4.55. The van der Waals surface area contributed by atoms with Crippen molar-refractivity contribution in [3.8, 4) is 5.75 Å². The highest BCUT2D eigenvalue weighted by Gasteiger charge is 2.16. The fourth-order valence-electron chi connectivity index (χ4n) is 2.93. The zero-order valence-electron chi connectivity index (χ0n) is 12.9. The number of hydrogen-bond acceptors (Lipinski definition) is 2. The Labute approximate surface area is 131 Å². The molecule has 0 bridgehead atoms. The van der Waals surface area contributed by atoms with Gasteiger partial charge >= 0.3 is 0 Å². The third-order valence-corrected chi connectivity index (χ3v) is 3.96. The Hall–Kier alpha value is -1.51. The molecule has 0 heterocycles. The first-order valence-corrected chi connectivity index (χ1v) is 7.38. The van der Waals surface area contributed by atoms with E-state index in [1.54, 1.807) is 13.2 Å². The Morgan fingerprint density at radius 1 is 1.10 bits per heavy atom. The van der Waals surface area contributed by atoms with Crippen LogP contribution in [0.25, 0.3) is 0 Å². The molecular weight excluding hydrogens is 284 g/mol. The fourth-order valence-corrected chi connectivity index (χ4v) is 3.13. The molecule has 1 unspecified atom stereocenters. The molecule has 0 aliphatic rings. The number of aliphatic hydroxyl groups is 1. The van der Waals surface area contributed by atoms with Crippen LogP contribution in [-0.4, -0.2) is 12.2 Å². The summed E-state index contributed by atoms with van der Waals surface area (Å²) in [7, 11) is 1.63. The number of benzene rings is 2. The molecule has 21 heavy (non-hydrogen) atoms. The molecule has 2 aromatic carbocycles. The standard InChI is InChI=1S/C18H21ClO2/c1-11-7-12(2)18(13(3)8-11)16(20)10-14-9-15(19)5-6-17(14)21-4/h5-9,16,20H,10H2,1-4H3. The van der Waals surface area contributed by atoms with Crippen LogP contribution in [0.3, 0.4) is 0 Å². The van der Waals surface area contributed by atoms with Crippen LogP contribution in [0.1, 0.15) is 33.9 Å².